The molecule has 1 aromatic rings. The summed E-state index contributed by atoms with van der Waals surface area (Å²) in [4.78, 5) is 11.0. The molecule has 0 amide bonds. The Labute approximate surface area is 82.9 Å². The first-order valence-corrected chi connectivity index (χ1v) is 5.03. The van der Waals surface area contributed by atoms with Gasteiger partial charge in [0, 0.05) is 12.8 Å². The van der Waals surface area contributed by atoms with Gasteiger partial charge in [-0.05, 0) is 36.5 Å². The molecule has 2 heteroatoms. The lowest BCUT2D eigenvalue weighted by Crippen LogP contribution is -2.12. The van der Waals surface area contributed by atoms with Crippen molar-refractivity contribution in [2.75, 3.05) is 0 Å². The Kier molecular flexibility index (Phi) is 2.62. The molecule has 1 fully saturated rings. The molecule has 1 aliphatic carbocycles. The minimum Gasteiger partial charge on any atom is -0.300 e. The first-order valence-electron chi connectivity index (χ1n) is 5.03. The number of rotatable bonds is 1. The van der Waals surface area contributed by atoms with Crippen LogP contribution in [0.1, 0.15) is 37.2 Å². The summed E-state index contributed by atoms with van der Waals surface area (Å²) in [5.41, 5.74) is 1.17. The fourth-order valence-electron chi connectivity index (χ4n) is 2.01. The molecule has 0 spiro atoms. The predicted octanol–water partition coefficient (Wildman–Crippen LogP) is 3.05. The fraction of sp³-hybridized carbons (Fsp3) is 0.417. The number of ketones is 1. The molecule has 1 saturated carbocycles. The van der Waals surface area contributed by atoms with Crippen molar-refractivity contribution >= 4 is 5.78 Å². The normalized spacial score (nSPS) is 18.5. The van der Waals surface area contributed by atoms with E-state index in [-0.39, 0.29) is 5.82 Å². The van der Waals surface area contributed by atoms with Gasteiger partial charge in [-0.25, -0.2) is 4.39 Å². The number of carbonyl (C=O) groups excluding carboxylic acids is 1. The van der Waals surface area contributed by atoms with Crippen LogP contribution >= 0.6 is 0 Å². The minimum atomic E-state index is -0.194. The van der Waals surface area contributed by atoms with E-state index in [1.165, 1.54) is 17.7 Å². The molecule has 0 unspecified atom stereocenters. The van der Waals surface area contributed by atoms with Gasteiger partial charge >= 0.3 is 0 Å². The summed E-state index contributed by atoms with van der Waals surface area (Å²) in [7, 11) is 0. The topological polar surface area (TPSA) is 17.1 Å². The highest BCUT2D eigenvalue weighted by Crippen LogP contribution is 2.30. The standard InChI is InChI=1S/C12H13FO/c13-11-5-1-9(2-6-11)10-3-7-12(14)8-4-10/h1-2,5-6,10H,3-4,7-8H2. The molecule has 0 aromatic heterocycles. The van der Waals surface area contributed by atoms with E-state index in [4.69, 9.17) is 0 Å². The van der Waals surface area contributed by atoms with E-state index in [1.54, 1.807) is 0 Å². The molecule has 1 aliphatic rings. The van der Waals surface area contributed by atoms with Crippen LogP contribution in [0.4, 0.5) is 4.39 Å². The fourth-order valence-corrected chi connectivity index (χ4v) is 2.01. The third-order valence-corrected chi connectivity index (χ3v) is 2.88. The van der Waals surface area contributed by atoms with E-state index < -0.39 is 0 Å². The maximum atomic E-state index is 12.7. The maximum Gasteiger partial charge on any atom is 0.132 e. The Hall–Kier alpha value is -1.18. The molecular weight excluding hydrogens is 179 g/mol. The average Bonchev–Trinajstić information content (AvgIpc) is 2.21. The molecule has 0 heterocycles. The van der Waals surface area contributed by atoms with Gasteiger partial charge in [-0.3, -0.25) is 4.79 Å². The number of hydrogen-bond acceptors (Lipinski definition) is 1. The summed E-state index contributed by atoms with van der Waals surface area (Å²) in [6, 6.07) is 6.64. The van der Waals surface area contributed by atoms with Gasteiger partial charge in [0.05, 0.1) is 0 Å². The molecular formula is C12H13FO. The second kappa shape index (κ2) is 3.91. The zero-order valence-electron chi connectivity index (χ0n) is 8.00. The smallest absolute Gasteiger partial charge is 0.132 e. The molecule has 1 aromatic carbocycles. The minimum absolute atomic E-state index is 0.194. The van der Waals surface area contributed by atoms with Crippen LogP contribution in [0, 0.1) is 5.82 Å². The van der Waals surface area contributed by atoms with Crippen LogP contribution in [0.15, 0.2) is 24.3 Å². The first-order chi connectivity index (χ1) is 6.75. The van der Waals surface area contributed by atoms with Crippen LogP contribution in [0.25, 0.3) is 0 Å². The van der Waals surface area contributed by atoms with Crippen LogP contribution in [0.2, 0.25) is 0 Å². The van der Waals surface area contributed by atoms with Crippen molar-refractivity contribution in [2.24, 2.45) is 0 Å². The molecule has 0 aliphatic heterocycles. The van der Waals surface area contributed by atoms with Gasteiger partial charge in [0.2, 0.25) is 0 Å². The highest BCUT2D eigenvalue weighted by Gasteiger charge is 2.19. The van der Waals surface area contributed by atoms with Crippen LogP contribution in [-0.4, -0.2) is 5.78 Å². The van der Waals surface area contributed by atoms with E-state index in [2.05, 4.69) is 0 Å². The van der Waals surface area contributed by atoms with Crippen molar-refractivity contribution in [3.8, 4) is 0 Å². The van der Waals surface area contributed by atoms with Crippen molar-refractivity contribution in [2.45, 2.75) is 31.6 Å². The zero-order chi connectivity index (χ0) is 9.97. The molecule has 0 bridgehead atoms. The summed E-state index contributed by atoms with van der Waals surface area (Å²) in [6.07, 6.45) is 3.21. The van der Waals surface area contributed by atoms with E-state index >= 15 is 0 Å². The second-order valence-corrected chi connectivity index (χ2v) is 3.86. The van der Waals surface area contributed by atoms with Gasteiger partial charge in [0.25, 0.3) is 0 Å². The third kappa shape index (κ3) is 2.00. The van der Waals surface area contributed by atoms with Crippen molar-refractivity contribution in [3.05, 3.63) is 35.6 Å². The molecule has 2 rings (SSSR count). The maximum absolute atomic E-state index is 12.7. The SMILES string of the molecule is O=C1CCC(c2ccc(F)cc2)CC1. The summed E-state index contributed by atoms with van der Waals surface area (Å²) in [6.45, 7) is 0. The highest BCUT2D eigenvalue weighted by atomic mass is 19.1. The first kappa shape index (κ1) is 9.38. The quantitative estimate of drug-likeness (QED) is 0.668. The lowest BCUT2D eigenvalue weighted by Gasteiger charge is -2.21. The molecule has 0 N–H and O–H groups in total. The molecule has 74 valence electrons. The van der Waals surface area contributed by atoms with Gasteiger partial charge in [-0.2, -0.15) is 0 Å². The highest BCUT2D eigenvalue weighted by molar-refractivity contribution is 5.79. The summed E-state index contributed by atoms with van der Waals surface area (Å²) in [5, 5.41) is 0. The Morgan fingerprint density at radius 2 is 1.64 bits per heavy atom. The van der Waals surface area contributed by atoms with E-state index in [0.717, 1.165) is 12.8 Å². The van der Waals surface area contributed by atoms with Gasteiger partial charge in [-0.15, -0.1) is 0 Å². The van der Waals surface area contributed by atoms with Crippen LogP contribution in [0.5, 0.6) is 0 Å². The number of halogens is 1. The second-order valence-electron chi connectivity index (χ2n) is 3.86. The van der Waals surface area contributed by atoms with Crippen molar-refractivity contribution < 1.29 is 9.18 Å². The van der Waals surface area contributed by atoms with Crippen LogP contribution in [0.3, 0.4) is 0 Å². The van der Waals surface area contributed by atoms with E-state index in [0.29, 0.717) is 24.5 Å². The Bertz CT molecular complexity index is 319. The van der Waals surface area contributed by atoms with Gasteiger partial charge in [-0.1, -0.05) is 12.1 Å². The Morgan fingerprint density at radius 3 is 2.21 bits per heavy atom. The largest absolute Gasteiger partial charge is 0.300 e. The van der Waals surface area contributed by atoms with E-state index in [9.17, 15) is 9.18 Å². The van der Waals surface area contributed by atoms with Crippen LogP contribution in [-0.2, 0) is 4.79 Å². The van der Waals surface area contributed by atoms with Crippen molar-refractivity contribution in [3.63, 3.8) is 0 Å². The number of Topliss-reactive ketones (excluding diaryl/α,β-unsaturated/α-hetero) is 1. The van der Waals surface area contributed by atoms with E-state index in [1.807, 2.05) is 12.1 Å². The molecule has 0 radical (unpaired) electrons. The average molecular weight is 192 g/mol. The summed E-state index contributed by atoms with van der Waals surface area (Å²) < 4.78 is 12.7. The van der Waals surface area contributed by atoms with Gasteiger partial charge in [0.1, 0.15) is 11.6 Å². The van der Waals surface area contributed by atoms with Crippen molar-refractivity contribution in [1.29, 1.82) is 0 Å². The Morgan fingerprint density at radius 1 is 1.07 bits per heavy atom. The number of benzene rings is 1. The van der Waals surface area contributed by atoms with Crippen molar-refractivity contribution in [1.82, 2.24) is 0 Å². The lowest BCUT2D eigenvalue weighted by molar-refractivity contribution is -0.120. The number of carbonyl (C=O) groups is 1. The predicted molar refractivity (Wildman–Crippen MR) is 52.6 cm³/mol. The van der Waals surface area contributed by atoms with Gasteiger partial charge in [0.15, 0.2) is 0 Å². The zero-order valence-corrected chi connectivity index (χ0v) is 8.00. The molecule has 0 saturated heterocycles. The molecule has 14 heavy (non-hydrogen) atoms. The lowest BCUT2D eigenvalue weighted by atomic mass is 9.83. The molecule has 1 nitrogen and oxygen atoms in total. The third-order valence-electron chi connectivity index (χ3n) is 2.88. The summed E-state index contributed by atoms with van der Waals surface area (Å²) in [5.74, 6) is 0.622. The number of hydrogen-bond donors (Lipinski definition) is 0. The summed E-state index contributed by atoms with van der Waals surface area (Å²) >= 11 is 0. The molecule has 0 atom stereocenters. The monoisotopic (exact) mass is 192 g/mol. The van der Waals surface area contributed by atoms with Crippen LogP contribution < -0.4 is 0 Å². The van der Waals surface area contributed by atoms with Gasteiger partial charge < -0.3 is 0 Å². The Balaban J connectivity index is 2.08.